The Labute approximate surface area is 131 Å². The van der Waals surface area contributed by atoms with Gasteiger partial charge in [-0.3, -0.25) is 4.90 Å². The molecular weight excluding hydrogens is 298 g/mol. The van der Waals surface area contributed by atoms with Crippen LogP contribution in [0, 0.1) is 6.92 Å². The minimum Gasteiger partial charge on any atom is -0.304 e. The Morgan fingerprint density at radius 1 is 1.36 bits per heavy atom. The first kappa shape index (κ1) is 15.5. The first-order valence-corrected chi connectivity index (χ1v) is 9.64. The molecule has 2 heterocycles. The van der Waals surface area contributed by atoms with Crippen molar-refractivity contribution in [2.24, 2.45) is 0 Å². The molecule has 1 aliphatic carbocycles. The molecule has 2 aromatic rings. The van der Waals surface area contributed by atoms with Crippen molar-refractivity contribution in [2.45, 2.75) is 44.0 Å². The van der Waals surface area contributed by atoms with Crippen LogP contribution in [0.5, 0.6) is 0 Å². The van der Waals surface area contributed by atoms with Gasteiger partial charge in [0.25, 0.3) is 0 Å². The van der Waals surface area contributed by atoms with Gasteiger partial charge >= 0.3 is 0 Å². The van der Waals surface area contributed by atoms with E-state index in [0.29, 0.717) is 6.54 Å². The Morgan fingerprint density at radius 3 is 2.82 bits per heavy atom. The summed E-state index contributed by atoms with van der Waals surface area (Å²) in [6, 6.07) is 6.15. The molecule has 1 saturated carbocycles. The number of aryl methyl sites for hydroxylation is 1. The first-order valence-electron chi connectivity index (χ1n) is 7.69. The van der Waals surface area contributed by atoms with Crippen LogP contribution >= 0.6 is 0 Å². The molecular formula is C16H23N3O2S. The smallest absolute Gasteiger partial charge is 0.151 e. The molecule has 2 aromatic heterocycles. The highest BCUT2D eigenvalue weighted by molar-refractivity contribution is 7.91. The van der Waals surface area contributed by atoms with Gasteiger partial charge in [0.1, 0.15) is 5.65 Å². The maximum Gasteiger partial charge on any atom is 0.151 e. The lowest BCUT2D eigenvalue weighted by molar-refractivity contribution is 0.236. The second kappa shape index (κ2) is 5.66. The fourth-order valence-electron chi connectivity index (χ4n) is 3.56. The van der Waals surface area contributed by atoms with Crippen LogP contribution < -0.4 is 0 Å². The Hall–Kier alpha value is -1.40. The predicted octanol–water partition coefficient (Wildman–Crippen LogP) is 2.04. The summed E-state index contributed by atoms with van der Waals surface area (Å²) in [5, 5.41) is -0.240. The normalized spacial score (nSPS) is 22.7. The van der Waals surface area contributed by atoms with E-state index < -0.39 is 9.84 Å². The molecule has 22 heavy (non-hydrogen) atoms. The topological polar surface area (TPSA) is 54.7 Å². The van der Waals surface area contributed by atoms with E-state index in [4.69, 9.17) is 0 Å². The van der Waals surface area contributed by atoms with Crippen LogP contribution in [-0.2, 0) is 16.4 Å². The fourth-order valence-corrected chi connectivity index (χ4v) is 5.07. The quantitative estimate of drug-likeness (QED) is 0.865. The van der Waals surface area contributed by atoms with Gasteiger partial charge < -0.3 is 4.40 Å². The highest BCUT2D eigenvalue weighted by atomic mass is 32.2. The van der Waals surface area contributed by atoms with E-state index in [1.165, 1.54) is 6.26 Å². The van der Waals surface area contributed by atoms with Gasteiger partial charge in [0.05, 0.1) is 10.9 Å². The number of sulfone groups is 1. The van der Waals surface area contributed by atoms with E-state index in [2.05, 4.69) is 27.3 Å². The van der Waals surface area contributed by atoms with Crippen LogP contribution in [0.2, 0.25) is 0 Å². The molecule has 120 valence electrons. The van der Waals surface area contributed by atoms with Crippen molar-refractivity contribution in [3.8, 4) is 0 Å². The van der Waals surface area contributed by atoms with Gasteiger partial charge in [-0.15, -0.1) is 0 Å². The van der Waals surface area contributed by atoms with Crippen LogP contribution in [0.15, 0.2) is 24.4 Å². The van der Waals surface area contributed by atoms with Crippen molar-refractivity contribution in [1.82, 2.24) is 14.3 Å². The number of fused-ring (bicyclic) bond motifs is 1. The van der Waals surface area contributed by atoms with Crippen molar-refractivity contribution in [3.63, 3.8) is 0 Å². The summed E-state index contributed by atoms with van der Waals surface area (Å²) < 4.78 is 26.0. The van der Waals surface area contributed by atoms with Gasteiger partial charge in [-0.05, 0) is 38.9 Å². The molecule has 1 fully saturated rings. The van der Waals surface area contributed by atoms with E-state index in [9.17, 15) is 8.42 Å². The Balaban J connectivity index is 1.81. The third-order valence-electron chi connectivity index (χ3n) is 4.69. The van der Waals surface area contributed by atoms with E-state index in [-0.39, 0.29) is 11.3 Å². The largest absolute Gasteiger partial charge is 0.304 e. The zero-order valence-electron chi connectivity index (χ0n) is 13.4. The van der Waals surface area contributed by atoms with Gasteiger partial charge in [-0.25, -0.2) is 13.4 Å². The maximum absolute atomic E-state index is 11.9. The van der Waals surface area contributed by atoms with Crippen molar-refractivity contribution < 1.29 is 8.42 Å². The zero-order valence-corrected chi connectivity index (χ0v) is 14.2. The van der Waals surface area contributed by atoms with E-state index in [0.717, 1.165) is 36.3 Å². The lowest BCUT2D eigenvalue weighted by Gasteiger charge is -2.28. The molecule has 0 amide bonds. The third-order valence-corrected chi connectivity index (χ3v) is 6.34. The number of aromatic nitrogens is 2. The van der Waals surface area contributed by atoms with Crippen LogP contribution in [0.25, 0.3) is 5.65 Å². The van der Waals surface area contributed by atoms with E-state index in [1.807, 2.05) is 25.4 Å². The average molecular weight is 321 g/mol. The summed E-state index contributed by atoms with van der Waals surface area (Å²) in [6.07, 6.45) is 6.11. The maximum atomic E-state index is 11.9. The minimum absolute atomic E-state index is 0.0981. The molecule has 3 rings (SSSR count). The van der Waals surface area contributed by atoms with Gasteiger partial charge in [0, 0.05) is 30.7 Å². The van der Waals surface area contributed by atoms with Crippen LogP contribution in [0.3, 0.4) is 0 Å². The molecule has 1 aliphatic rings. The Kier molecular flexibility index (Phi) is 3.99. The van der Waals surface area contributed by atoms with Gasteiger partial charge in [0.2, 0.25) is 0 Å². The summed E-state index contributed by atoms with van der Waals surface area (Å²) >= 11 is 0. The number of imidazole rings is 1. The second-order valence-electron chi connectivity index (χ2n) is 6.41. The monoisotopic (exact) mass is 321 g/mol. The van der Waals surface area contributed by atoms with Crippen LogP contribution in [-0.4, -0.2) is 47.3 Å². The predicted molar refractivity (Wildman–Crippen MR) is 87.7 cm³/mol. The van der Waals surface area contributed by atoms with Crippen molar-refractivity contribution in [3.05, 3.63) is 35.8 Å². The standard InChI is InChI=1S/C16H23N3O2S/c1-12-6-4-9-16-17-13(11-19(12)16)10-18(2)14-7-5-8-15(14)22(3,20)21/h4,6,9,11,14-15H,5,7-8,10H2,1-3H3/t14-,15+/m0/s1. The SMILES string of the molecule is Cc1cccc2nc(CN(C)[C@H]3CCC[C@H]3S(C)(=O)=O)cn12. The molecule has 0 radical (unpaired) electrons. The molecule has 2 atom stereocenters. The van der Waals surface area contributed by atoms with Gasteiger partial charge in [-0.1, -0.05) is 12.5 Å². The number of nitrogens with zero attached hydrogens (tertiary/aromatic N) is 3. The van der Waals surface area contributed by atoms with Crippen LogP contribution in [0.4, 0.5) is 0 Å². The molecule has 6 heteroatoms. The summed E-state index contributed by atoms with van der Waals surface area (Å²) in [6.45, 7) is 2.73. The summed E-state index contributed by atoms with van der Waals surface area (Å²) in [5.74, 6) is 0. The van der Waals surface area contributed by atoms with Crippen LogP contribution in [0.1, 0.15) is 30.7 Å². The zero-order chi connectivity index (χ0) is 15.9. The summed E-state index contributed by atoms with van der Waals surface area (Å²) in [4.78, 5) is 6.79. The lowest BCUT2D eigenvalue weighted by atomic mass is 10.2. The molecule has 0 spiro atoms. The van der Waals surface area contributed by atoms with Gasteiger partial charge in [0.15, 0.2) is 9.84 Å². The van der Waals surface area contributed by atoms with Gasteiger partial charge in [-0.2, -0.15) is 0 Å². The Bertz CT molecular complexity index is 782. The third kappa shape index (κ3) is 2.90. The second-order valence-corrected chi connectivity index (χ2v) is 8.67. The molecule has 0 aliphatic heterocycles. The number of hydrogen-bond acceptors (Lipinski definition) is 4. The number of rotatable bonds is 4. The summed E-state index contributed by atoms with van der Waals surface area (Å²) in [7, 11) is -0.983. The van der Waals surface area contributed by atoms with Crippen molar-refractivity contribution >= 4 is 15.5 Å². The first-order chi connectivity index (χ1) is 10.4. The molecule has 0 saturated heterocycles. The highest BCUT2D eigenvalue weighted by Crippen LogP contribution is 2.29. The fraction of sp³-hybridized carbons (Fsp3) is 0.562. The summed E-state index contributed by atoms with van der Waals surface area (Å²) in [5.41, 5.74) is 3.07. The minimum atomic E-state index is -2.99. The molecule has 5 nitrogen and oxygen atoms in total. The van der Waals surface area contributed by atoms with E-state index >= 15 is 0 Å². The van der Waals surface area contributed by atoms with E-state index in [1.54, 1.807) is 0 Å². The van der Waals surface area contributed by atoms with Crippen molar-refractivity contribution in [1.29, 1.82) is 0 Å². The Morgan fingerprint density at radius 2 is 2.14 bits per heavy atom. The van der Waals surface area contributed by atoms with Crippen molar-refractivity contribution in [2.75, 3.05) is 13.3 Å². The molecule has 0 unspecified atom stereocenters. The highest BCUT2D eigenvalue weighted by Gasteiger charge is 2.37. The molecule has 0 N–H and O–H groups in total. The molecule has 0 bridgehead atoms. The number of hydrogen-bond donors (Lipinski definition) is 0. The molecule has 0 aromatic carbocycles. The lowest BCUT2D eigenvalue weighted by Crippen LogP contribution is -2.40. The average Bonchev–Trinajstić information content (AvgIpc) is 3.04. The number of pyridine rings is 1.